The van der Waals surface area contributed by atoms with Crippen molar-refractivity contribution in [2.45, 2.75) is 33.2 Å². The summed E-state index contributed by atoms with van der Waals surface area (Å²) in [5, 5.41) is 2.71. The third kappa shape index (κ3) is 4.95. The van der Waals surface area contributed by atoms with Crippen molar-refractivity contribution >= 4 is 23.2 Å². The molecule has 1 aromatic carbocycles. The number of carbonyl (C=O) groups excluding carboxylic acids is 2. The highest BCUT2D eigenvalue weighted by atomic mass is 16.2. The van der Waals surface area contributed by atoms with Crippen molar-refractivity contribution in [3.63, 3.8) is 0 Å². The molecule has 1 aliphatic rings. The number of nitrogens with one attached hydrogen (secondary N) is 1. The van der Waals surface area contributed by atoms with E-state index < -0.39 is 11.8 Å². The molecule has 0 bridgehead atoms. The molecule has 2 rings (SSSR count). The largest absolute Gasteiger partial charge is 0.369 e. The second-order valence-corrected chi connectivity index (χ2v) is 7.51. The smallest absolute Gasteiger partial charge is 0.313 e. The minimum absolute atomic E-state index is 0.381. The quantitative estimate of drug-likeness (QED) is 0.851. The van der Waals surface area contributed by atoms with Gasteiger partial charge in [-0.25, -0.2) is 0 Å². The third-order valence-electron chi connectivity index (χ3n) is 4.56. The van der Waals surface area contributed by atoms with E-state index in [9.17, 15) is 9.59 Å². The van der Waals surface area contributed by atoms with Gasteiger partial charge in [-0.1, -0.05) is 0 Å². The van der Waals surface area contributed by atoms with Crippen molar-refractivity contribution < 1.29 is 9.59 Å². The molecule has 0 radical (unpaired) electrons. The Morgan fingerprint density at radius 3 is 2.12 bits per heavy atom. The van der Waals surface area contributed by atoms with E-state index in [0.717, 1.165) is 31.9 Å². The van der Waals surface area contributed by atoms with Crippen molar-refractivity contribution in [3.05, 3.63) is 24.3 Å². The minimum atomic E-state index is -0.593. The summed E-state index contributed by atoms with van der Waals surface area (Å²) in [4.78, 5) is 30.8. The van der Waals surface area contributed by atoms with Gasteiger partial charge in [0.1, 0.15) is 0 Å². The van der Waals surface area contributed by atoms with Gasteiger partial charge in [0, 0.05) is 49.6 Å². The maximum Gasteiger partial charge on any atom is 0.313 e. The van der Waals surface area contributed by atoms with Crippen LogP contribution in [0.25, 0.3) is 0 Å². The van der Waals surface area contributed by atoms with Gasteiger partial charge in [-0.2, -0.15) is 0 Å². The average Bonchev–Trinajstić information content (AvgIpc) is 2.55. The van der Waals surface area contributed by atoms with Crippen LogP contribution in [0, 0.1) is 0 Å². The van der Waals surface area contributed by atoms with Gasteiger partial charge in [0.25, 0.3) is 0 Å². The molecule has 6 heteroatoms. The maximum absolute atomic E-state index is 12.4. The number of benzene rings is 1. The first-order chi connectivity index (χ1) is 11.7. The Hall–Kier alpha value is -2.08. The molecule has 1 saturated heterocycles. The Balaban J connectivity index is 1.98. The van der Waals surface area contributed by atoms with E-state index in [0.29, 0.717) is 12.2 Å². The van der Waals surface area contributed by atoms with Crippen molar-refractivity contribution in [1.29, 1.82) is 0 Å². The SMILES string of the molecule is CCN(C(=O)C(=O)Nc1ccc(N2CCN(C)CC2)cc1)C(C)(C)C. The standard InChI is InChI=1S/C19H30N4O2/c1-6-23(19(2,3)4)18(25)17(24)20-15-7-9-16(10-8-15)22-13-11-21(5)12-14-22/h7-10H,6,11-14H2,1-5H3,(H,20,24). The number of hydrogen-bond donors (Lipinski definition) is 1. The molecule has 0 aromatic heterocycles. The molecule has 1 heterocycles. The van der Waals surface area contributed by atoms with Crippen LogP contribution in [0.4, 0.5) is 11.4 Å². The molecule has 0 spiro atoms. The summed E-state index contributed by atoms with van der Waals surface area (Å²) in [5.74, 6) is -1.10. The molecule has 1 aliphatic heterocycles. The van der Waals surface area contributed by atoms with Gasteiger partial charge < -0.3 is 20.0 Å². The lowest BCUT2D eigenvalue weighted by atomic mass is 10.1. The summed E-state index contributed by atoms with van der Waals surface area (Å²) >= 11 is 0. The molecule has 0 aliphatic carbocycles. The molecule has 25 heavy (non-hydrogen) atoms. The molecule has 1 fully saturated rings. The van der Waals surface area contributed by atoms with Crippen molar-refractivity contribution in [1.82, 2.24) is 9.80 Å². The lowest BCUT2D eigenvalue weighted by Gasteiger charge is -2.34. The van der Waals surface area contributed by atoms with Crippen LogP contribution in [0.3, 0.4) is 0 Å². The fourth-order valence-electron chi connectivity index (χ4n) is 3.05. The number of rotatable bonds is 3. The highest BCUT2D eigenvalue weighted by Gasteiger charge is 2.29. The maximum atomic E-state index is 12.4. The molecule has 1 N–H and O–H groups in total. The van der Waals surface area contributed by atoms with Crippen molar-refractivity contribution in [2.24, 2.45) is 0 Å². The molecule has 6 nitrogen and oxygen atoms in total. The topological polar surface area (TPSA) is 55.9 Å². The number of nitrogens with zero attached hydrogens (tertiary/aromatic N) is 3. The Kier molecular flexibility index (Phi) is 6.06. The summed E-state index contributed by atoms with van der Waals surface area (Å²) in [6, 6.07) is 7.69. The molecule has 138 valence electrons. The molecular formula is C19H30N4O2. The van der Waals surface area contributed by atoms with E-state index in [-0.39, 0.29) is 5.54 Å². The minimum Gasteiger partial charge on any atom is -0.369 e. The van der Waals surface area contributed by atoms with Crippen LogP contribution in [-0.2, 0) is 9.59 Å². The van der Waals surface area contributed by atoms with Gasteiger partial charge in [-0.05, 0) is 59.0 Å². The van der Waals surface area contributed by atoms with Crippen molar-refractivity contribution in [2.75, 3.05) is 50.0 Å². The van der Waals surface area contributed by atoms with E-state index in [1.54, 1.807) is 4.90 Å². The highest BCUT2D eigenvalue weighted by molar-refractivity contribution is 6.39. The zero-order valence-corrected chi connectivity index (χ0v) is 16.0. The Morgan fingerprint density at radius 1 is 1.08 bits per heavy atom. The second kappa shape index (κ2) is 7.87. The van der Waals surface area contributed by atoms with Gasteiger partial charge >= 0.3 is 11.8 Å². The molecule has 0 atom stereocenters. The number of likely N-dealkylation sites (N-methyl/N-ethyl adjacent to an activating group) is 2. The Bertz CT molecular complexity index is 599. The van der Waals surface area contributed by atoms with Gasteiger partial charge in [0.05, 0.1) is 0 Å². The molecule has 0 saturated carbocycles. The van der Waals surface area contributed by atoms with Crippen LogP contribution >= 0.6 is 0 Å². The number of amides is 2. The van der Waals surface area contributed by atoms with E-state index in [1.165, 1.54) is 0 Å². The fraction of sp³-hybridized carbons (Fsp3) is 0.579. The normalized spacial score (nSPS) is 15.8. The lowest BCUT2D eigenvalue weighted by molar-refractivity contribution is -0.146. The number of hydrogen-bond acceptors (Lipinski definition) is 4. The van der Waals surface area contributed by atoms with Crippen LogP contribution < -0.4 is 10.2 Å². The van der Waals surface area contributed by atoms with E-state index >= 15 is 0 Å². The van der Waals surface area contributed by atoms with Crippen LogP contribution in [0.2, 0.25) is 0 Å². The van der Waals surface area contributed by atoms with Gasteiger partial charge in [-0.15, -0.1) is 0 Å². The van der Waals surface area contributed by atoms with E-state index in [2.05, 4.69) is 22.2 Å². The third-order valence-corrected chi connectivity index (χ3v) is 4.56. The van der Waals surface area contributed by atoms with Crippen LogP contribution in [0.1, 0.15) is 27.7 Å². The van der Waals surface area contributed by atoms with Crippen LogP contribution in [-0.4, -0.2) is 66.9 Å². The first kappa shape index (κ1) is 19.2. The molecular weight excluding hydrogens is 316 g/mol. The zero-order valence-electron chi connectivity index (χ0n) is 16.0. The fourth-order valence-corrected chi connectivity index (χ4v) is 3.05. The van der Waals surface area contributed by atoms with Crippen LogP contribution in [0.5, 0.6) is 0 Å². The van der Waals surface area contributed by atoms with E-state index in [4.69, 9.17) is 0 Å². The Labute approximate surface area is 150 Å². The zero-order chi connectivity index (χ0) is 18.6. The lowest BCUT2D eigenvalue weighted by Crippen LogP contribution is -2.49. The van der Waals surface area contributed by atoms with Gasteiger partial charge in [-0.3, -0.25) is 9.59 Å². The van der Waals surface area contributed by atoms with Crippen molar-refractivity contribution in [3.8, 4) is 0 Å². The monoisotopic (exact) mass is 346 g/mol. The second-order valence-electron chi connectivity index (χ2n) is 7.51. The predicted molar refractivity (Wildman–Crippen MR) is 102 cm³/mol. The number of carbonyl (C=O) groups is 2. The van der Waals surface area contributed by atoms with Crippen LogP contribution in [0.15, 0.2) is 24.3 Å². The summed E-state index contributed by atoms with van der Waals surface area (Å²) in [6.07, 6.45) is 0. The summed E-state index contributed by atoms with van der Waals surface area (Å²) in [5.41, 5.74) is 1.40. The number of anilines is 2. The van der Waals surface area contributed by atoms with E-state index in [1.807, 2.05) is 52.0 Å². The molecule has 1 aromatic rings. The summed E-state index contributed by atoms with van der Waals surface area (Å²) < 4.78 is 0. The summed E-state index contributed by atoms with van der Waals surface area (Å²) in [6.45, 7) is 12.2. The first-order valence-electron chi connectivity index (χ1n) is 8.89. The molecule has 2 amide bonds. The molecule has 0 unspecified atom stereocenters. The summed E-state index contributed by atoms with van der Waals surface area (Å²) in [7, 11) is 2.13. The Morgan fingerprint density at radius 2 is 1.64 bits per heavy atom. The number of piperazine rings is 1. The van der Waals surface area contributed by atoms with Gasteiger partial charge in [0.2, 0.25) is 0 Å². The highest BCUT2D eigenvalue weighted by Crippen LogP contribution is 2.20. The predicted octanol–water partition coefficient (Wildman–Crippen LogP) is 2.02. The first-order valence-corrected chi connectivity index (χ1v) is 8.89. The average molecular weight is 346 g/mol. The van der Waals surface area contributed by atoms with Gasteiger partial charge in [0.15, 0.2) is 0 Å².